The quantitative estimate of drug-likeness (QED) is 0.598. The van der Waals surface area contributed by atoms with Crippen LogP contribution in [0.3, 0.4) is 0 Å². The molecular weight excluding hydrogens is 208 g/mol. The van der Waals surface area contributed by atoms with E-state index < -0.39 is 22.0 Å². The van der Waals surface area contributed by atoms with Gasteiger partial charge in [-0.3, -0.25) is 14.3 Å². The summed E-state index contributed by atoms with van der Waals surface area (Å²) in [4.78, 5) is 22.2. The summed E-state index contributed by atoms with van der Waals surface area (Å²) in [6, 6.07) is -0.949. The van der Waals surface area contributed by atoms with E-state index in [1.165, 1.54) is 0 Å². The Labute approximate surface area is 82.1 Å². The van der Waals surface area contributed by atoms with E-state index in [4.69, 9.17) is 0 Å². The average Bonchev–Trinajstić information content (AvgIpc) is 2.24. The lowest BCUT2D eigenvalue weighted by atomic mass is 10.2. The smallest absolute Gasteiger partial charge is 0.257 e. The van der Waals surface area contributed by atoms with Crippen molar-refractivity contribution in [3.05, 3.63) is 0 Å². The predicted octanol–water partition coefficient (Wildman–Crippen LogP) is -1.41. The monoisotopic (exact) mass is 220 g/mol. The van der Waals surface area contributed by atoms with Crippen molar-refractivity contribution < 1.29 is 18.0 Å². The molecule has 80 valence electrons. The van der Waals surface area contributed by atoms with Crippen LogP contribution in [0.5, 0.6) is 0 Å². The number of hydrogen-bond acceptors (Lipinski definition) is 4. The van der Waals surface area contributed by atoms with E-state index >= 15 is 0 Å². The van der Waals surface area contributed by atoms with E-state index in [0.29, 0.717) is 0 Å². The normalized spacial score (nSPS) is 24.8. The van der Waals surface area contributed by atoms with Gasteiger partial charge in [0.05, 0.1) is 5.75 Å². The zero-order chi connectivity index (χ0) is 10.9. The minimum atomic E-state index is -3.53. The van der Waals surface area contributed by atoms with Crippen LogP contribution in [0, 0.1) is 5.92 Å². The summed E-state index contributed by atoms with van der Waals surface area (Å²) in [5, 5.41) is 2.35. The van der Waals surface area contributed by atoms with Crippen LogP contribution < -0.4 is 10.0 Å². The third kappa shape index (κ3) is 2.44. The van der Waals surface area contributed by atoms with Gasteiger partial charge in [0, 0.05) is 5.92 Å². The Morgan fingerprint density at radius 2 is 2.14 bits per heavy atom. The van der Waals surface area contributed by atoms with Gasteiger partial charge in [-0.15, -0.1) is 0 Å². The number of rotatable bonds is 2. The molecule has 1 unspecified atom stereocenters. The average molecular weight is 220 g/mol. The highest BCUT2D eigenvalue weighted by Crippen LogP contribution is 2.03. The molecule has 0 aliphatic carbocycles. The van der Waals surface area contributed by atoms with Crippen molar-refractivity contribution >= 4 is 21.8 Å². The largest absolute Gasteiger partial charge is 0.343 e. The topological polar surface area (TPSA) is 92.3 Å². The van der Waals surface area contributed by atoms with Gasteiger partial charge in [0.15, 0.2) is 0 Å². The maximum atomic E-state index is 11.2. The molecule has 1 atom stereocenters. The zero-order valence-corrected chi connectivity index (χ0v) is 8.72. The van der Waals surface area contributed by atoms with Gasteiger partial charge in [-0.1, -0.05) is 13.8 Å². The van der Waals surface area contributed by atoms with Crippen molar-refractivity contribution in [1.29, 1.82) is 0 Å². The van der Waals surface area contributed by atoms with Gasteiger partial charge in [0.1, 0.15) is 6.04 Å². The van der Waals surface area contributed by atoms with E-state index in [1.54, 1.807) is 18.6 Å². The van der Waals surface area contributed by atoms with Gasteiger partial charge in [0.25, 0.3) is 5.91 Å². The number of nitrogens with one attached hydrogen (secondary N) is 2. The molecule has 2 N–H and O–H groups in total. The van der Waals surface area contributed by atoms with E-state index in [1.807, 2.05) is 0 Å². The fourth-order valence-electron chi connectivity index (χ4n) is 1.01. The van der Waals surface area contributed by atoms with E-state index in [0.717, 1.165) is 0 Å². The third-order valence-electron chi connectivity index (χ3n) is 1.80. The Morgan fingerprint density at radius 1 is 1.57 bits per heavy atom. The van der Waals surface area contributed by atoms with Crippen molar-refractivity contribution in [2.45, 2.75) is 19.9 Å². The highest BCUT2D eigenvalue weighted by molar-refractivity contribution is 7.90. The van der Waals surface area contributed by atoms with Gasteiger partial charge in [0.2, 0.25) is 15.9 Å². The molecule has 1 heterocycles. The van der Waals surface area contributed by atoms with Crippen LogP contribution in [0.2, 0.25) is 0 Å². The Kier molecular flexibility index (Phi) is 2.79. The molecular formula is C7H12N2O4S. The summed E-state index contributed by atoms with van der Waals surface area (Å²) in [7, 11) is -3.53. The molecule has 6 nitrogen and oxygen atoms in total. The Balaban J connectivity index is 2.65. The van der Waals surface area contributed by atoms with Crippen LogP contribution in [0.25, 0.3) is 0 Å². The molecule has 1 aliphatic rings. The second-order valence-electron chi connectivity index (χ2n) is 3.46. The molecule has 1 saturated heterocycles. The predicted molar refractivity (Wildman–Crippen MR) is 48.7 cm³/mol. The molecule has 0 spiro atoms. The molecule has 0 saturated carbocycles. The summed E-state index contributed by atoms with van der Waals surface area (Å²) >= 11 is 0. The fraction of sp³-hybridized carbons (Fsp3) is 0.714. The summed E-state index contributed by atoms with van der Waals surface area (Å²) < 4.78 is 23.6. The Morgan fingerprint density at radius 3 is 2.50 bits per heavy atom. The van der Waals surface area contributed by atoms with Crippen LogP contribution in [0.15, 0.2) is 0 Å². The number of carbonyl (C=O) groups is 2. The van der Waals surface area contributed by atoms with E-state index in [2.05, 4.69) is 5.32 Å². The number of carbonyl (C=O) groups excluding carboxylic acids is 2. The SMILES string of the molecule is CC(C)C(=O)NC1CS(=O)(=O)NC1=O. The van der Waals surface area contributed by atoms with Gasteiger partial charge in [-0.2, -0.15) is 0 Å². The first-order chi connectivity index (χ1) is 6.32. The maximum absolute atomic E-state index is 11.2. The van der Waals surface area contributed by atoms with Crippen molar-refractivity contribution in [2.24, 2.45) is 5.92 Å². The van der Waals surface area contributed by atoms with Crippen LogP contribution in [0.4, 0.5) is 0 Å². The minimum absolute atomic E-state index is 0.272. The Bertz CT molecular complexity index is 360. The molecule has 1 rings (SSSR count). The molecule has 14 heavy (non-hydrogen) atoms. The second kappa shape index (κ2) is 3.56. The first kappa shape index (κ1) is 11.0. The molecule has 1 fully saturated rings. The summed E-state index contributed by atoms with van der Waals surface area (Å²) in [5.41, 5.74) is 0. The van der Waals surface area contributed by atoms with Gasteiger partial charge in [-0.05, 0) is 0 Å². The summed E-state index contributed by atoms with van der Waals surface area (Å²) in [6.45, 7) is 3.33. The standard InChI is InChI=1S/C7H12N2O4S/c1-4(2)6(10)8-5-3-14(12,13)9-7(5)11/h4-5H,3H2,1-2H3,(H,8,10)(H,9,11). The summed E-state index contributed by atoms with van der Waals surface area (Å²) in [6.07, 6.45) is 0. The van der Waals surface area contributed by atoms with E-state index in [-0.39, 0.29) is 17.6 Å². The molecule has 0 bridgehead atoms. The number of hydrogen-bond donors (Lipinski definition) is 2. The molecule has 0 aromatic heterocycles. The Hall–Kier alpha value is -1.11. The van der Waals surface area contributed by atoms with Gasteiger partial charge >= 0.3 is 0 Å². The minimum Gasteiger partial charge on any atom is -0.343 e. The van der Waals surface area contributed by atoms with Crippen molar-refractivity contribution in [2.75, 3.05) is 5.75 Å². The highest BCUT2D eigenvalue weighted by Gasteiger charge is 2.36. The van der Waals surface area contributed by atoms with Crippen molar-refractivity contribution in [1.82, 2.24) is 10.0 Å². The summed E-state index contributed by atoms with van der Waals surface area (Å²) in [5.74, 6) is -1.64. The first-order valence-electron chi connectivity index (χ1n) is 4.16. The lowest BCUT2D eigenvalue weighted by Crippen LogP contribution is -2.43. The second-order valence-corrected chi connectivity index (χ2v) is 5.23. The van der Waals surface area contributed by atoms with Crippen LogP contribution in [-0.2, 0) is 19.6 Å². The lowest BCUT2D eigenvalue weighted by molar-refractivity contribution is -0.128. The molecule has 1 aliphatic heterocycles. The van der Waals surface area contributed by atoms with Crippen molar-refractivity contribution in [3.63, 3.8) is 0 Å². The molecule has 2 amide bonds. The maximum Gasteiger partial charge on any atom is 0.257 e. The number of sulfonamides is 1. The number of amides is 2. The van der Waals surface area contributed by atoms with E-state index in [9.17, 15) is 18.0 Å². The zero-order valence-electron chi connectivity index (χ0n) is 7.90. The highest BCUT2D eigenvalue weighted by atomic mass is 32.2. The molecule has 7 heteroatoms. The molecule has 0 aromatic carbocycles. The van der Waals surface area contributed by atoms with Crippen LogP contribution in [-0.4, -0.2) is 32.0 Å². The fourth-order valence-corrected chi connectivity index (χ4v) is 2.21. The molecule has 0 aromatic rings. The third-order valence-corrected chi connectivity index (χ3v) is 3.08. The van der Waals surface area contributed by atoms with Gasteiger partial charge in [-0.25, -0.2) is 8.42 Å². The lowest BCUT2D eigenvalue weighted by Gasteiger charge is -2.10. The van der Waals surface area contributed by atoms with Gasteiger partial charge < -0.3 is 5.32 Å². The van der Waals surface area contributed by atoms with Crippen LogP contribution >= 0.6 is 0 Å². The van der Waals surface area contributed by atoms with Crippen LogP contribution in [0.1, 0.15) is 13.8 Å². The van der Waals surface area contributed by atoms with Crippen molar-refractivity contribution in [3.8, 4) is 0 Å². The first-order valence-corrected chi connectivity index (χ1v) is 5.82. The molecule has 0 radical (unpaired) electrons.